The van der Waals surface area contributed by atoms with Gasteiger partial charge in [0.2, 0.25) is 0 Å². The largest absolute Gasteiger partial charge is 0.479 e. The number of hydrogen-bond donors (Lipinski definition) is 0. The Morgan fingerprint density at radius 1 is 0.727 bits per heavy atom. The van der Waals surface area contributed by atoms with Gasteiger partial charge < -0.3 is 9.30 Å². The molecular formula is C31H31NO. The number of rotatable bonds is 3. The molecule has 4 aromatic rings. The van der Waals surface area contributed by atoms with Crippen molar-refractivity contribution in [1.29, 1.82) is 0 Å². The van der Waals surface area contributed by atoms with Crippen molar-refractivity contribution in [2.75, 3.05) is 0 Å². The summed E-state index contributed by atoms with van der Waals surface area (Å²) in [5.74, 6) is 0.986. The molecule has 1 saturated carbocycles. The van der Waals surface area contributed by atoms with Crippen LogP contribution in [0.3, 0.4) is 0 Å². The van der Waals surface area contributed by atoms with Crippen molar-refractivity contribution in [3.8, 4) is 28.1 Å². The molecule has 166 valence electrons. The summed E-state index contributed by atoms with van der Waals surface area (Å²) in [6.45, 7) is 2.32. The van der Waals surface area contributed by atoms with Crippen LogP contribution < -0.4 is 4.74 Å². The van der Waals surface area contributed by atoms with E-state index >= 15 is 0 Å². The average Bonchev–Trinajstić information content (AvgIpc) is 3.01. The maximum Gasteiger partial charge on any atom is 0.164 e. The summed E-state index contributed by atoms with van der Waals surface area (Å²) in [6.07, 6.45) is 7.68. The van der Waals surface area contributed by atoms with Gasteiger partial charge in [0, 0.05) is 17.2 Å². The molecule has 1 aromatic heterocycles. The van der Waals surface area contributed by atoms with Gasteiger partial charge in [-0.1, -0.05) is 105 Å². The van der Waals surface area contributed by atoms with Crippen molar-refractivity contribution in [3.05, 3.63) is 102 Å². The molecule has 0 radical (unpaired) electrons. The van der Waals surface area contributed by atoms with E-state index < -0.39 is 0 Å². The zero-order valence-electron chi connectivity index (χ0n) is 19.3. The second-order valence-electron chi connectivity index (χ2n) is 9.52. The molecule has 33 heavy (non-hydrogen) atoms. The van der Waals surface area contributed by atoms with Crippen molar-refractivity contribution in [2.45, 2.75) is 57.6 Å². The number of nitrogens with zero attached hydrogens (tertiary/aromatic N) is 1. The second-order valence-corrected chi connectivity index (χ2v) is 9.52. The SMILES string of the molecule is Cc1c2c(n(C3CCCCCC3)c1-c1ccccc1)[C@H](c1ccccc1)Oc1ccccc1-2. The molecule has 2 heteroatoms. The number of para-hydroxylation sites is 1. The second kappa shape index (κ2) is 8.59. The Morgan fingerprint density at radius 3 is 2.09 bits per heavy atom. The lowest BCUT2D eigenvalue weighted by Crippen LogP contribution is -2.22. The topological polar surface area (TPSA) is 14.2 Å². The van der Waals surface area contributed by atoms with Gasteiger partial charge in [-0.3, -0.25) is 0 Å². The first-order chi connectivity index (χ1) is 16.3. The minimum Gasteiger partial charge on any atom is -0.479 e. The molecule has 0 saturated heterocycles. The first-order valence-corrected chi connectivity index (χ1v) is 12.4. The average molecular weight is 434 g/mol. The quantitative estimate of drug-likeness (QED) is 0.295. The Labute approximate surface area is 196 Å². The van der Waals surface area contributed by atoms with Gasteiger partial charge in [0.05, 0.1) is 11.4 Å². The van der Waals surface area contributed by atoms with Crippen LogP contribution in [-0.2, 0) is 0 Å². The molecule has 3 aromatic carbocycles. The van der Waals surface area contributed by atoms with Crippen LogP contribution in [0, 0.1) is 6.92 Å². The fourth-order valence-corrected chi connectivity index (χ4v) is 5.99. The zero-order valence-corrected chi connectivity index (χ0v) is 19.3. The summed E-state index contributed by atoms with van der Waals surface area (Å²) in [4.78, 5) is 0. The predicted molar refractivity (Wildman–Crippen MR) is 136 cm³/mol. The van der Waals surface area contributed by atoms with Crippen molar-refractivity contribution >= 4 is 0 Å². The summed E-state index contributed by atoms with van der Waals surface area (Å²) in [7, 11) is 0. The van der Waals surface area contributed by atoms with E-state index in [0.717, 1.165) is 5.75 Å². The molecule has 1 aliphatic carbocycles. The molecule has 6 rings (SSSR count). The summed E-state index contributed by atoms with van der Waals surface area (Å²) >= 11 is 0. The van der Waals surface area contributed by atoms with E-state index in [2.05, 4.69) is 96.4 Å². The summed E-state index contributed by atoms with van der Waals surface area (Å²) < 4.78 is 9.48. The summed E-state index contributed by atoms with van der Waals surface area (Å²) in [5.41, 5.74) is 9.20. The number of hydrogen-bond acceptors (Lipinski definition) is 1. The Hall–Kier alpha value is -3.26. The fourth-order valence-electron chi connectivity index (χ4n) is 5.99. The zero-order chi connectivity index (χ0) is 22.2. The summed E-state index contributed by atoms with van der Waals surface area (Å²) in [5, 5.41) is 0. The van der Waals surface area contributed by atoms with Crippen LogP contribution in [0.25, 0.3) is 22.4 Å². The first-order valence-electron chi connectivity index (χ1n) is 12.4. The third kappa shape index (κ3) is 3.49. The highest BCUT2D eigenvalue weighted by Crippen LogP contribution is 2.52. The molecule has 2 aliphatic rings. The highest BCUT2D eigenvalue weighted by Gasteiger charge is 2.37. The van der Waals surface area contributed by atoms with Crippen LogP contribution in [0.1, 0.15) is 67.5 Å². The number of fused-ring (bicyclic) bond motifs is 3. The molecule has 2 nitrogen and oxygen atoms in total. The van der Waals surface area contributed by atoms with E-state index in [1.165, 1.54) is 77.7 Å². The van der Waals surface area contributed by atoms with Crippen LogP contribution in [-0.4, -0.2) is 4.57 Å². The third-order valence-electron chi connectivity index (χ3n) is 7.48. The Morgan fingerprint density at radius 2 is 1.36 bits per heavy atom. The monoisotopic (exact) mass is 433 g/mol. The van der Waals surface area contributed by atoms with E-state index in [-0.39, 0.29) is 6.10 Å². The van der Waals surface area contributed by atoms with Crippen LogP contribution in [0.4, 0.5) is 0 Å². The predicted octanol–water partition coefficient (Wildman–Crippen LogP) is 8.51. The third-order valence-corrected chi connectivity index (χ3v) is 7.48. The lowest BCUT2D eigenvalue weighted by Gasteiger charge is -2.32. The lowest BCUT2D eigenvalue weighted by atomic mass is 9.92. The number of benzene rings is 3. The molecule has 0 amide bonds. The highest BCUT2D eigenvalue weighted by molar-refractivity contribution is 5.85. The van der Waals surface area contributed by atoms with Crippen molar-refractivity contribution in [3.63, 3.8) is 0 Å². The van der Waals surface area contributed by atoms with Gasteiger partial charge in [-0.25, -0.2) is 0 Å². The van der Waals surface area contributed by atoms with E-state index in [9.17, 15) is 0 Å². The van der Waals surface area contributed by atoms with Gasteiger partial charge >= 0.3 is 0 Å². The smallest absolute Gasteiger partial charge is 0.164 e. The standard InChI is InChI=1S/C31H31NO/c1-22-28-26-20-12-13-21-27(26)33-31(24-16-8-5-9-17-24)30(28)32(25-18-10-2-3-11-19-25)29(22)23-14-6-4-7-15-23/h4-9,12-17,20-21,25,31H,2-3,10-11,18-19H2,1H3/t31-/m0/s1. The Balaban J connectivity index is 1.67. The van der Waals surface area contributed by atoms with Crippen LogP contribution in [0.2, 0.25) is 0 Å². The van der Waals surface area contributed by atoms with E-state index in [1.807, 2.05) is 0 Å². The molecule has 0 N–H and O–H groups in total. The maximum atomic E-state index is 6.79. The fraction of sp³-hybridized carbons (Fsp3) is 0.290. The van der Waals surface area contributed by atoms with Crippen LogP contribution in [0.15, 0.2) is 84.9 Å². The number of ether oxygens (including phenoxy) is 1. The minimum atomic E-state index is -0.101. The molecule has 0 unspecified atom stereocenters. The highest BCUT2D eigenvalue weighted by atomic mass is 16.5. The Kier molecular flexibility index (Phi) is 5.30. The summed E-state index contributed by atoms with van der Waals surface area (Å²) in [6, 6.07) is 30.8. The van der Waals surface area contributed by atoms with Crippen LogP contribution >= 0.6 is 0 Å². The molecule has 0 bridgehead atoms. The Bertz CT molecular complexity index is 1250. The molecular weight excluding hydrogens is 402 g/mol. The van der Waals surface area contributed by atoms with Crippen molar-refractivity contribution in [1.82, 2.24) is 4.57 Å². The first kappa shape index (κ1) is 20.4. The van der Waals surface area contributed by atoms with E-state index in [4.69, 9.17) is 4.74 Å². The van der Waals surface area contributed by atoms with Gasteiger partial charge in [-0.15, -0.1) is 0 Å². The molecule has 1 aliphatic heterocycles. The maximum absolute atomic E-state index is 6.79. The van der Waals surface area contributed by atoms with Crippen molar-refractivity contribution < 1.29 is 4.74 Å². The lowest BCUT2D eigenvalue weighted by molar-refractivity contribution is 0.227. The normalized spacial score (nSPS) is 18.2. The van der Waals surface area contributed by atoms with Gasteiger partial charge in [-0.2, -0.15) is 0 Å². The minimum absolute atomic E-state index is 0.101. The molecule has 2 heterocycles. The van der Waals surface area contributed by atoms with Gasteiger partial charge in [0.25, 0.3) is 0 Å². The molecule has 1 atom stereocenters. The number of aromatic nitrogens is 1. The molecule has 0 spiro atoms. The van der Waals surface area contributed by atoms with E-state index in [0.29, 0.717) is 6.04 Å². The van der Waals surface area contributed by atoms with Crippen LogP contribution in [0.5, 0.6) is 5.75 Å². The van der Waals surface area contributed by atoms with Gasteiger partial charge in [-0.05, 0) is 42.5 Å². The van der Waals surface area contributed by atoms with Gasteiger partial charge in [0.1, 0.15) is 5.75 Å². The van der Waals surface area contributed by atoms with Gasteiger partial charge in [0.15, 0.2) is 6.10 Å². The van der Waals surface area contributed by atoms with Crippen molar-refractivity contribution in [2.24, 2.45) is 0 Å². The van der Waals surface area contributed by atoms with E-state index in [1.54, 1.807) is 0 Å². The molecule has 1 fully saturated rings.